The van der Waals surface area contributed by atoms with Crippen LogP contribution >= 0.6 is 0 Å². The minimum absolute atomic E-state index is 0.107. The number of benzene rings is 3. The molecule has 3 aromatic carbocycles. The normalized spacial score (nSPS) is 13.5. The van der Waals surface area contributed by atoms with Crippen LogP contribution in [0.2, 0.25) is 0 Å². The van der Waals surface area contributed by atoms with Crippen LogP contribution in [0.5, 0.6) is 5.75 Å². The SMILES string of the molecule is O=Cc1ccc(S(=O)(=O)NC(=O)Nc2ccc3c(c2)CCN(C(=O)NS(=O)(=O)c2ccc(O)cc2)CC3)cc1. The van der Waals surface area contributed by atoms with E-state index in [4.69, 9.17) is 0 Å². The third-order valence-electron chi connectivity index (χ3n) is 5.98. The van der Waals surface area contributed by atoms with E-state index in [1.54, 1.807) is 18.2 Å². The van der Waals surface area contributed by atoms with Crippen LogP contribution in [0.3, 0.4) is 0 Å². The number of hydrogen-bond donors (Lipinski definition) is 4. The maximum atomic E-state index is 12.7. The van der Waals surface area contributed by atoms with E-state index in [9.17, 15) is 36.3 Å². The average Bonchev–Trinajstić information content (AvgIpc) is 3.11. The summed E-state index contributed by atoms with van der Waals surface area (Å²) in [5, 5.41) is 11.8. The van der Waals surface area contributed by atoms with Crippen LogP contribution in [0, 0.1) is 0 Å². The van der Waals surface area contributed by atoms with Gasteiger partial charge in [-0.25, -0.2) is 35.9 Å². The molecule has 4 rings (SSSR count). The first-order valence-electron chi connectivity index (χ1n) is 11.6. The molecular weight excluding hydrogens is 548 g/mol. The van der Waals surface area contributed by atoms with Gasteiger partial charge < -0.3 is 15.3 Å². The molecule has 1 heterocycles. The number of nitrogens with zero attached hydrogens (tertiary/aromatic N) is 1. The fraction of sp³-hybridized carbons (Fsp3) is 0.160. The molecule has 1 aliphatic heterocycles. The number of rotatable bonds is 6. The molecule has 1 aliphatic rings. The number of aromatic hydroxyl groups is 1. The Kier molecular flexibility index (Phi) is 7.88. The van der Waals surface area contributed by atoms with Gasteiger partial charge in [-0.3, -0.25) is 4.79 Å². The second-order valence-corrected chi connectivity index (χ2v) is 12.0. The number of hydrogen-bond acceptors (Lipinski definition) is 8. The number of aldehydes is 1. The summed E-state index contributed by atoms with van der Waals surface area (Å²) in [4.78, 5) is 36.9. The van der Waals surface area contributed by atoms with Crippen LogP contribution in [0.4, 0.5) is 15.3 Å². The molecule has 3 aromatic rings. The van der Waals surface area contributed by atoms with Gasteiger partial charge in [0.2, 0.25) is 0 Å². The largest absolute Gasteiger partial charge is 0.508 e. The van der Waals surface area contributed by atoms with Gasteiger partial charge in [-0.05, 0) is 72.5 Å². The minimum atomic E-state index is -4.17. The van der Waals surface area contributed by atoms with Crippen molar-refractivity contribution < 1.29 is 36.3 Å². The van der Waals surface area contributed by atoms with Crippen LogP contribution in [-0.4, -0.2) is 58.3 Å². The van der Waals surface area contributed by atoms with E-state index < -0.39 is 32.1 Å². The number of nitrogens with one attached hydrogen (secondary N) is 3. The van der Waals surface area contributed by atoms with Crippen LogP contribution in [-0.2, 0) is 32.9 Å². The number of urea groups is 2. The average molecular weight is 573 g/mol. The molecule has 0 fully saturated rings. The number of carbonyl (C=O) groups is 3. The van der Waals surface area contributed by atoms with E-state index in [1.807, 2.05) is 9.44 Å². The number of sulfonamides is 2. The monoisotopic (exact) mass is 572 g/mol. The van der Waals surface area contributed by atoms with Crippen molar-refractivity contribution in [3.05, 3.63) is 83.4 Å². The predicted molar refractivity (Wildman–Crippen MR) is 140 cm³/mol. The van der Waals surface area contributed by atoms with Crippen LogP contribution in [0.15, 0.2) is 76.5 Å². The fourth-order valence-electron chi connectivity index (χ4n) is 3.93. The molecular formula is C25H24N4O8S2. The van der Waals surface area contributed by atoms with Crippen LogP contribution < -0.4 is 14.8 Å². The lowest BCUT2D eigenvalue weighted by Gasteiger charge is -2.20. The number of carbonyl (C=O) groups excluding carboxylic acids is 3. The Balaban J connectivity index is 1.38. The van der Waals surface area contributed by atoms with Gasteiger partial charge in [0, 0.05) is 24.3 Å². The van der Waals surface area contributed by atoms with Gasteiger partial charge in [-0.15, -0.1) is 0 Å². The number of phenolic OH excluding ortho intramolecular Hbond substituents is 1. The highest BCUT2D eigenvalue weighted by atomic mass is 32.2. The Morgan fingerprint density at radius 2 is 1.33 bits per heavy atom. The second-order valence-electron chi connectivity index (χ2n) is 8.62. The van der Waals surface area contributed by atoms with Crippen molar-refractivity contribution in [3.63, 3.8) is 0 Å². The maximum Gasteiger partial charge on any atom is 0.333 e. The first-order chi connectivity index (χ1) is 18.5. The molecule has 0 spiro atoms. The first kappa shape index (κ1) is 27.6. The quantitative estimate of drug-likeness (QED) is 0.325. The van der Waals surface area contributed by atoms with Gasteiger partial charge in [0.25, 0.3) is 20.0 Å². The molecule has 204 valence electrons. The van der Waals surface area contributed by atoms with Crippen molar-refractivity contribution in [1.29, 1.82) is 0 Å². The smallest absolute Gasteiger partial charge is 0.333 e. The van der Waals surface area contributed by atoms with Gasteiger partial charge in [-0.1, -0.05) is 18.2 Å². The summed E-state index contributed by atoms with van der Waals surface area (Å²) in [7, 11) is -8.31. The highest BCUT2D eigenvalue weighted by Crippen LogP contribution is 2.21. The van der Waals surface area contributed by atoms with E-state index >= 15 is 0 Å². The predicted octanol–water partition coefficient (Wildman–Crippen LogP) is 2.21. The third-order valence-corrected chi connectivity index (χ3v) is 8.66. The zero-order chi connectivity index (χ0) is 28.2. The van der Waals surface area contributed by atoms with Crippen LogP contribution in [0.25, 0.3) is 0 Å². The molecule has 0 atom stereocenters. The fourth-order valence-corrected chi connectivity index (χ4v) is 5.81. The summed E-state index contributed by atoms with van der Waals surface area (Å²) >= 11 is 0. The molecule has 0 saturated carbocycles. The molecule has 0 bridgehead atoms. The van der Waals surface area contributed by atoms with Crippen molar-refractivity contribution >= 4 is 44.1 Å². The van der Waals surface area contributed by atoms with E-state index in [1.165, 1.54) is 53.4 Å². The molecule has 0 unspecified atom stereocenters. The Bertz CT molecular complexity index is 1620. The zero-order valence-corrected chi connectivity index (χ0v) is 22.0. The second kappa shape index (κ2) is 11.1. The number of phenols is 1. The molecule has 0 aliphatic carbocycles. The van der Waals surface area contributed by atoms with Gasteiger partial charge in [0.05, 0.1) is 9.79 Å². The molecule has 0 saturated heterocycles. The molecule has 0 radical (unpaired) electrons. The van der Waals surface area contributed by atoms with E-state index in [0.717, 1.165) is 11.1 Å². The highest BCUT2D eigenvalue weighted by Gasteiger charge is 2.24. The maximum absolute atomic E-state index is 12.7. The summed E-state index contributed by atoms with van der Waals surface area (Å²) in [6.45, 7) is 0.447. The molecule has 4 N–H and O–H groups in total. The Hall–Kier alpha value is -4.43. The van der Waals surface area contributed by atoms with Gasteiger partial charge in [0.15, 0.2) is 0 Å². The summed E-state index contributed by atoms with van der Waals surface area (Å²) in [6, 6.07) is 13.0. The lowest BCUT2D eigenvalue weighted by atomic mass is 10.0. The van der Waals surface area contributed by atoms with Crippen molar-refractivity contribution in [3.8, 4) is 5.75 Å². The van der Waals surface area contributed by atoms with E-state index in [0.29, 0.717) is 30.4 Å². The van der Waals surface area contributed by atoms with Gasteiger partial charge in [-0.2, -0.15) is 0 Å². The Morgan fingerprint density at radius 3 is 1.95 bits per heavy atom. The number of anilines is 1. The minimum Gasteiger partial charge on any atom is -0.508 e. The van der Waals surface area contributed by atoms with Crippen molar-refractivity contribution in [1.82, 2.24) is 14.3 Å². The lowest BCUT2D eigenvalue weighted by Crippen LogP contribution is -2.43. The summed E-state index contributed by atoms with van der Waals surface area (Å²) in [6.07, 6.45) is 1.36. The Morgan fingerprint density at radius 1 is 0.769 bits per heavy atom. The molecule has 4 amide bonds. The topological polar surface area (TPSA) is 179 Å². The first-order valence-corrected chi connectivity index (χ1v) is 14.5. The van der Waals surface area contributed by atoms with Crippen molar-refractivity contribution in [2.24, 2.45) is 0 Å². The Labute approximate surface area is 224 Å². The molecule has 0 aromatic heterocycles. The summed E-state index contributed by atoms with van der Waals surface area (Å²) in [5.41, 5.74) is 2.31. The van der Waals surface area contributed by atoms with E-state index in [2.05, 4.69) is 5.32 Å². The third kappa shape index (κ3) is 6.72. The number of fused-ring (bicyclic) bond motifs is 1. The van der Waals surface area contributed by atoms with Crippen molar-refractivity contribution in [2.45, 2.75) is 22.6 Å². The standard InChI is InChI=1S/C25H24N4O8S2/c30-16-17-1-7-22(8-2-17)38(34,35)27-24(32)26-20-4-3-18-11-13-29(14-12-19(18)15-20)25(33)28-39(36,37)23-9-5-21(31)6-10-23/h1-10,15-16,31H,11-14H2,(H,28,33)(H2,26,27,32). The molecule has 39 heavy (non-hydrogen) atoms. The number of amides is 4. The summed E-state index contributed by atoms with van der Waals surface area (Å²) < 4.78 is 53.9. The van der Waals surface area contributed by atoms with Gasteiger partial charge in [0.1, 0.15) is 12.0 Å². The lowest BCUT2D eigenvalue weighted by molar-refractivity contribution is 0.112. The van der Waals surface area contributed by atoms with Crippen LogP contribution in [0.1, 0.15) is 21.5 Å². The van der Waals surface area contributed by atoms with Crippen molar-refractivity contribution in [2.75, 3.05) is 18.4 Å². The highest BCUT2D eigenvalue weighted by molar-refractivity contribution is 7.90. The molecule has 14 heteroatoms. The molecule has 12 nitrogen and oxygen atoms in total. The van der Waals surface area contributed by atoms with E-state index in [-0.39, 0.29) is 28.6 Å². The van der Waals surface area contributed by atoms with Gasteiger partial charge >= 0.3 is 12.1 Å². The zero-order valence-electron chi connectivity index (χ0n) is 20.3. The summed E-state index contributed by atoms with van der Waals surface area (Å²) in [5.74, 6) is -0.107.